The fraction of sp³-hybridized carbons (Fsp3) is 0.304. The van der Waals surface area contributed by atoms with Gasteiger partial charge in [-0.1, -0.05) is 50.6 Å². The number of hydrogen-bond acceptors (Lipinski definition) is 4. The van der Waals surface area contributed by atoms with E-state index >= 15 is 0 Å². The summed E-state index contributed by atoms with van der Waals surface area (Å²) < 4.78 is 5.15. The molecule has 0 fully saturated rings. The summed E-state index contributed by atoms with van der Waals surface area (Å²) >= 11 is 6.27. The van der Waals surface area contributed by atoms with Crippen molar-refractivity contribution in [1.29, 1.82) is 0 Å². The summed E-state index contributed by atoms with van der Waals surface area (Å²) in [7, 11) is 1.46. The van der Waals surface area contributed by atoms with Crippen LogP contribution in [0.4, 0.5) is 0 Å². The highest BCUT2D eigenvalue weighted by Crippen LogP contribution is 2.35. The smallest absolute Gasteiger partial charge is 0.253 e. The van der Waals surface area contributed by atoms with Gasteiger partial charge in [0.15, 0.2) is 11.5 Å². The molecule has 1 heterocycles. The number of aromatic nitrogens is 1. The van der Waals surface area contributed by atoms with Crippen molar-refractivity contribution in [2.45, 2.75) is 39.2 Å². The molecule has 1 atom stereocenters. The van der Waals surface area contributed by atoms with Gasteiger partial charge in [0.25, 0.3) is 5.91 Å². The van der Waals surface area contributed by atoms with Crippen LogP contribution in [0.25, 0.3) is 10.9 Å². The second-order valence-electron chi connectivity index (χ2n) is 8.06. The van der Waals surface area contributed by atoms with Gasteiger partial charge in [-0.2, -0.15) is 0 Å². The molecule has 6 heteroatoms. The number of nitrogens with zero attached hydrogens (tertiary/aromatic N) is 1. The number of ether oxygens (including phenoxy) is 1. The van der Waals surface area contributed by atoms with Crippen LogP contribution in [0.1, 0.15) is 55.4 Å². The number of carbonyl (C=O) groups is 1. The highest BCUT2D eigenvalue weighted by molar-refractivity contribution is 6.31. The van der Waals surface area contributed by atoms with E-state index in [1.165, 1.54) is 13.2 Å². The Balaban J connectivity index is 1.96. The first kappa shape index (κ1) is 20.9. The first-order valence-electron chi connectivity index (χ1n) is 9.39. The van der Waals surface area contributed by atoms with Gasteiger partial charge < -0.3 is 15.2 Å². The molecule has 0 radical (unpaired) electrons. The topological polar surface area (TPSA) is 71.5 Å². The van der Waals surface area contributed by atoms with Crippen molar-refractivity contribution in [3.05, 3.63) is 64.3 Å². The summed E-state index contributed by atoms with van der Waals surface area (Å²) in [6.45, 7) is 8.10. The number of pyridine rings is 1. The van der Waals surface area contributed by atoms with Crippen LogP contribution in [0.3, 0.4) is 0 Å². The third-order valence-electron chi connectivity index (χ3n) is 4.85. The summed E-state index contributed by atoms with van der Waals surface area (Å²) in [6.07, 6.45) is 0. The summed E-state index contributed by atoms with van der Waals surface area (Å²) in [4.78, 5) is 17.8. The zero-order valence-electron chi connectivity index (χ0n) is 17.2. The minimum absolute atomic E-state index is 0.0484. The van der Waals surface area contributed by atoms with Crippen molar-refractivity contribution in [2.75, 3.05) is 7.11 Å². The van der Waals surface area contributed by atoms with Crippen LogP contribution in [0.2, 0.25) is 5.02 Å². The van der Waals surface area contributed by atoms with Gasteiger partial charge >= 0.3 is 0 Å². The second-order valence-corrected chi connectivity index (χ2v) is 8.47. The molecule has 29 heavy (non-hydrogen) atoms. The first-order valence-corrected chi connectivity index (χ1v) is 9.77. The highest BCUT2D eigenvalue weighted by atomic mass is 35.5. The molecule has 0 bridgehead atoms. The van der Waals surface area contributed by atoms with Crippen molar-refractivity contribution in [1.82, 2.24) is 10.3 Å². The first-order chi connectivity index (χ1) is 13.6. The average Bonchev–Trinajstić information content (AvgIpc) is 2.66. The van der Waals surface area contributed by atoms with Gasteiger partial charge in [0.05, 0.1) is 24.2 Å². The number of rotatable bonds is 4. The fourth-order valence-electron chi connectivity index (χ4n) is 3.15. The number of para-hydroxylation sites is 1. The van der Waals surface area contributed by atoms with E-state index in [2.05, 4.69) is 26.1 Å². The van der Waals surface area contributed by atoms with Gasteiger partial charge in [0.2, 0.25) is 0 Å². The maximum absolute atomic E-state index is 13.1. The van der Waals surface area contributed by atoms with Gasteiger partial charge in [-0.15, -0.1) is 0 Å². The lowest BCUT2D eigenvalue weighted by atomic mass is 9.91. The number of hydrogen-bond donors (Lipinski definition) is 2. The second kappa shape index (κ2) is 7.91. The minimum Gasteiger partial charge on any atom is -0.504 e. The number of amides is 1. The van der Waals surface area contributed by atoms with Crippen LogP contribution in [0, 0.1) is 0 Å². The van der Waals surface area contributed by atoms with Gasteiger partial charge in [-0.25, -0.2) is 0 Å². The Hall–Kier alpha value is -2.79. The molecule has 152 valence electrons. The monoisotopic (exact) mass is 412 g/mol. The molecule has 0 aliphatic carbocycles. The lowest BCUT2D eigenvalue weighted by molar-refractivity contribution is 0.0941. The molecule has 3 aromatic rings. The van der Waals surface area contributed by atoms with Crippen molar-refractivity contribution in [2.24, 2.45) is 0 Å². The van der Waals surface area contributed by atoms with Crippen LogP contribution in [-0.4, -0.2) is 23.1 Å². The molecule has 0 aliphatic rings. The van der Waals surface area contributed by atoms with E-state index in [-0.39, 0.29) is 17.1 Å². The van der Waals surface area contributed by atoms with E-state index in [0.717, 1.165) is 11.1 Å². The molecule has 3 rings (SSSR count). The van der Waals surface area contributed by atoms with Crippen LogP contribution < -0.4 is 10.1 Å². The summed E-state index contributed by atoms with van der Waals surface area (Å²) in [5.74, 6) is 0.00431. The molecule has 0 saturated carbocycles. The standard InChI is InChI=1S/C23H25ClN2O3/c1-13(16-11-19(29-5)18(27)12-17(16)24)25-22(28)15-8-6-7-14-9-10-20(23(2,3)4)26-21(14)15/h6-13,27H,1-5H3,(H,25,28)/t13-/m1/s1. The number of fused-ring (bicyclic) bond motifs is 1. The zero-order chi connectivity index (χ0) is 21.3. The number of methoxy groups -OCH3 is 1. The number of phenolic OH excluding ortho intramolecular Hbond substituents is 1. The van der Waals surface area contributed by atoms with Gasteiger partial charge in [-0.3, -0.25) is 9.78 Å². The minimum atomic E-state index is -0.398. The number of phenols is 1. The van der Waals surface area contributed by atoms with E-state index in [9.17, 15) is 9.90 Å². The quantitative estimate of drug-likeness (QED) is 0.602. The number of carbonyl (C=O) groups excluding carboxylic acids is 1. The number of benzene rings is 2. The molecular formula is C23H25ClN2O3. The predicted molar refractivity (Wildman–Crippen MR) is 116 cm³/mol. The van der Waals surface area contributed by atoms with Gasteiger partial charge in [0, 0.05) is 27.6 Å². The van der Waals surface area contributed by atoms with Crippen LogP contribution in [-0.2, 0) is 5.41 Å². The molecule has 1 amide bonds. The molecule has 2 aromatic carbocycles. The Bertz CT molecular complexity index is 1070. The largest absolute Gasteiger partial charge is 0.504 e. The Labute approximate surface area is 175 Å². The molecular weight excluding hydrogens is 388 g/mol. The SMILES string of the molecule is COc1cc([C@@H](C)NC(=O)c2cccc3ccc(C(C)(C)C)nc23)c(Cl)cc1O. The van der Waals surface area contributed by atoms with Gasteiger partial charge in [-0.05, 0) is 30.7 Å². The van der Waals surface area contributed by atoms with Crippen LogP contribution >= 0.6 is 11.6 Å². The Morgan fingerprint density at radius 3 is 2.59 bits per heavy atom. The van der Waals surface area contributed by atoms with E-state index in [1.807, 2.05) is 31.2 Å². The Morgan fingerprint density at radius 2 is 1.93 bits per heavy atom. The summed E-state index contributed by atoms with van der Waals surface area (Å²) in [6, 6.07) is 12.2. The molecule has 0 aliphatic heterocycles. The van der Waals surface area contributed by atoms with E-state index in [4.69, 9.17) is 21.3 Å². The van der Waals surface area contributed by atoms with Crippen molar-refractivity contribution < 1.29 is 14.6 Å². The predicted octanol–water partition coefficient (Wildman–Crippen LogP) is 5.39. The maximum atomic E-state index is 13.1. The van der Waals surface area contributed by atoms with Crippen molar-refractivity contribution in [3.8, 4) is 11.5 Å². The normalized spacial score (nSPS) is 12.6. The van der Waals surface area contributed by atoms with Crippen LogP contribution in [0.5, 0.6) is 11.5 Å². The van der Waals surface area contributed by atoms with E-state index in [0.29, 0.717) is 27.4 Å². The lowest BCUT2D eigenvalue weighted by Crippen LogP contribution is -2.27. The Kier molecular flexibility index (Phi) is 5.71. The van der Waals surface area contributed by atoms with Crippen LogP contribution in [0.15, 0.2) is 42.5 Å². The number of halogens is 1. The number of aromatic hydroxyl groups is 1. The third-order valence-corrected chi connectivity index (χ3v) is 5.17. The molecule has 0 saturated heterocycles. The van der Waals surface area contributed by atoms with Crippen molar-refractivity contribution in [3.63, 3.8) is 0 Å². The molecule has 0 spiro atoms. The summed E-state index contributed by atoms with van der Waals surface area (Å²) in [5, 5.41) is 14.1. The number of nitrogens with one attached hydrogen (secondary N) is 1. The van der Waals surface area contributed by atoms with E-state index < -0.39 is 6.04 Å². The molecule has 2 N–H and O–H groups in total. The highest BCUT2D eigenvalue weighted by Gasteiger charge is 2.20. The molecule has 0 unspecified atom stereocenters. The van der Waals surface area contributed by atoms with Crippen molar-refractivity contribution >= 4 is 28.4 Å². The third kappa shape index (κ3) is 4.30. The molecule has 5 nitrogen and oxygen atoms in total. The Morgan fingerprint density at radius 1 is 1.21 bits per heavy atom. The van der Waals surface area contributed by atoms with E-state index in [1.54, 1.807) is 12.1 Å². The lowest BCUT2D eigenvalue weighted by Gasteiger charge is -2.20. The zero-order valence-corrected chi connectivity index (χ0v) is 18.0. The van der Waals surface area contributed by atoms with Gasteiger partial charge in [0.1, 0.15) is 0 Å². The average molecular weight is 413 g/mol. The molecule has 1 aromatic heterocycles. The summed E-state index contributed by atoms with van der Waals surface area (Å²) in [5.41, 5.74) is 2.62. The fourth-order valence-corrected chi connectivity index (χ4v) is 3.48. The maximum Gasteiger partial charge on any atom is 0.253 e.